The topological polar surface area (TPSA) is 95.8 Å². The van der Waals surface area contributed by atoms with E-state index < -0.39 is 5.82 Å². The second-order valence-corrected chi connectivity index (χ2v) is 7.23. The monoisotopic (exact) mass is 400 g/mol. The molecule has 0 amide bonds. The fourth-order valence-corrected chi connectivity index (χ4v) is 3.98. The van der Waals surface area contributed by atoms with Crippen LogP contribution in [0.4, 0.5) is 16.0 Å². The molecule has 1 aliphatic rings. The van der Waals surface area contributed by atoms with Crippen LogP contribution < -0.4 is 10.6 Å². The number of rotatable bonds is 3. The van der Waals surface area contributed by atoms with Gasteiger partial charge in [0, 0.05) is 54.2 Å². The van der Waals surface area contributed by atoms with Crippen LogP contribution in [0.3, 0.4) is 0 Å². The maximum atomic E-state index is 14.5. The van der Waals surface area contributed by atoms with E-state index in [1.165, 1.54) is 22.8 Å². The van der Waals surface area contributed by atoms with E-state index in [0.717, 1.165) is 30.7 Å². The van der Waals surface area contributed by atoms with E-state index in [9.17, 15) is 4.39 Å². The van der Waals surface area contributed by atoms with Crippen molar-refractivity contribution in [2.75, 3.05) is 11.9 Å². The molecule has 0 bridgehead atoms. The van der Waals surface area contributed by atoms with Crippen molar-refractivity contribution in [1.82, 2.24) is 34.6 Å². The number of benzene rings is 1. The standard InChI is InChI=1S/C21H17FN8/c22-15-9-26-21(29-20(15)18-10-25-19-11-24-5-6-30(18)19)27-12-1-2-16-13(7-12)14-8-23-4-3-17(14)28-16/h1-2,5-7,9-11,23,28H,3-4,8H2,(H,26,27,29). The van der Waals surface area contributed by atoms with Crippen LogP contribution >= 0.6 is 0 Å². The van der Waals surface area contributed by atoms with Crippen LogP contribution in [-0.4, -0.2) is 35.9 Å². The Morgan fingerprint density at radius 1 is 1.13 bits per heavy atom. The predicted octanol–water partition coefficient (Wildman–Crippen LogP) is 3.20. The number of aromatic nitrogens is 6. The van der Waals surface area contributed by atoms with E-state index in [-0.39, 0.29) is 5.69 Å². The second kappa shape index (κ2) is 6.60. The van der Waals surface area contributed by atoms with Crippen LogP contribution in [-0.2, 0) is 13.0 Å². The first-order valence-corrected chi connectivity index (χ1v) is 9.67. The van der Waals surface area contributed by atoms with Gasteiger partial charge in [0.25, 0.3) is 0 Å². The minimum Gasteiger partial charge on any atom is -0.358 e. The average molecular weight is 400 g/mol. The molecule has 8 nitrogen and oxygen atoms in total. The fraction of sp³-hybridized carbons (Fsp3) is 0.143. The lowest BCUT2D eigenvalue weighted by atomic mass is 10.1. The third kappa shape index (κ3) is 2.71. The molecule has 0 spiro atoms. The van der Waals surface area contributed by atoms with Crippen LogP contribution in [0.25, 0.3) is 27.9 Å². The molecule has 3 N–H and O–H groups in total. The Morgan fingerprint density at radius 2 is 2.10 bits per heavy atom. The summed E-state index contributed by atoms with van der Waals surface area (Å²) in [5.74, 6) is -0.197. The minimum atomic E-state index is -0.514. The zero-order valence-electron chi connectivity index (χ0n) is 15.9. The molecule has 9 heteroatoms. The lowest BCUT2D eigenvalue weighted by Crippen LogP contribution is -2.22. The van der Waals surface area contributed by atoms with E-state index in [2.05, 4.69) is 41.6 Å². The normalized spacial score (nSPS) is 13.6. The molecule has 0 saturated heterocycles. The highest BCUT2D eigenvalue weighted by Gasteiger charge is 2.17. The first kappa shape index (κ1) is 17.0. The van der Waals surface area contributed by atoms with Crippen molar-refractivity contribution in [1.29, 1.82) is 0 Å². The second-order valence-electron chi connectivity index (χ2n) is 7.23. The molecule has 0 atom stereocenters. The number of nitrogens with one attached hydrogen (secondary N) is 3. The molecular weight excluding hydrogens is 383 g/mol. The van der Waals surface area contributed by atoms with Crippen molar-refractivity contribution in [2.45, 2.75) is 13.0 Å². The number of H-pyrrole nitrogens is 1. The van der Waals surface area contributed by atoms with Gasteiger partial charge in [0.2, 0.25) is 5.95 Å². The maximum absolute atomic E-state index is 14.5. The van der Waals surface area contributed by atoms with Crippen molar-refractivity contribution in [2.24, 2.45) is 0 Å². The average Bonchev–Trinajstić information content (AvgIpc) is 3.36. The number of halogens is 1. The SMILES string of the molecule is Fc1cnc(Nc2ccc3[nH]c4c(c3c2)CNCC4)nc1-c1cnc2cnccn12. The summed E-state index contributed by atoms with van der Waals surface area (Å²) in [6.45, 7) is 1.83. The third-order valence-electron chi connectivity index (χ3n) is 5.41. The summed E-state index contributed by atoms with van der Waals surface area (Å²) in [7, 11) is 0. The molecule has 0 radical (unpaired) electrons. The molecule has 1 aromatic carbocycles. The Bertz CT molecular complexity index is 1400. The molecule has 5 aromatic rings. The number of hydrogen-bond acceptors (Lipinski definition) is 6. The molecule has 1 aliphatic heterocycles. The van der Waals surface area contributed by atoms with Gasteiger partial charge in [0.05, 0.1) is 24.3 Å². The van der Waals surface area contributed by atoms with Gasteiger partial charge in [-0.15, -0.1) is 0 Å². The lowest BCUT2D eigenvalue weighted by molar-refractivity contribution is 0.618. The molecule has 6 rings (SSSR count). The fourth-order valence-electron chi connectivity index (χ4n) is 3.98. The van der Waals surface area contributed by atoms with E-state index in [0.29, 0.717) is 17.3 Å². The van der Waals surface area contributed by atoms with Gasteiger partial charge in [-0.05, 0) is 23.8 Å². The van der Waals surface area contributed by atoms with Gasteiger partial charge in [0.15, 0.2) is 11.5 Å². The largest absolute Gasteiger partial charge is 0.358 e. The first-order chi connectivity index (χ1) is 14.8. The quantitative estimate of drug-likeness (QED) is 0.430. The van der Waals surface area contributed by atoms with Gasteiger partial charge >= 0.3 is 0 Å². The smallest absolute Gasteiger partial charge is 0.227 e. The number of hydrogen-bond donors (Lipinski definition) is 3. The van der Waals surface area contributed by atoms with Crippen LogP contribution in [0.5, 0.6) is 0 Å². The summed E-state index contributed by atoms with van der Waals surface area (Å²) in [6, 6.07) is 6.08. The minimum absolute atomic E-state index is 0.176. The van der Waals surface area contributed by atoms with Gasteiger partial charge in [0.1, 0.15) is 5.69 Å². The zero-order valence-corrected chi connectivity index (χ0v) is 15.9. The highest BCUT2D eigenvalue weighted by atomic mass is 19.1. The summed E-state index contributed by atoms with van der Waals surface area (Å²) in [5, 5.41) is 7.78. The molecule has 4 aromatic heterocycles. The highest BCUT2D eigenvalue weighted by molar-refractivity contribution is 5.88. The van der Waals surface area contributed by atoms with E-state index in [4.69, 9.17) is 0 Å². The van der Waals surface area contributed by atoms with E-state index in [1.807, 2.05) is 12.1 Å². The molecule has 30 heavy (non-hydrogen) atoms. The van der Waals surface area contributed by atoms with Crippen molar-refractivity contribution >= 4 is 28.2 Å². The van der Waals surface area contributed by atoms with Crippen LogP contribution in [0.1, 0.15) is 11.3 Å². The Morgan fingerprint density at radius 3 is 3.07 bits per heavy atom. The van der Waals surface area contributed by atoms with Crippen LogP contribution in [0, 0.1) is 5.82 Å². The molecule has 0 fully saturated rings. The lowest BCUT2D eigenvalue weighted by Gasteiger charge is -2.12. The van der Waals surface area contributed by atoms with Gasteiger partial charge in [-0.25, -0.2) is 19.3 Å². The summed E-state index contributed by atoms with van der Waals surface area (Å²) < 4.78 is 16.3. The summed E-state index contributed by atoms with van der Waals surface area (Å²) >= 11 is 0. The first-order valence-electron chi connectivity index (χ1n) is 9.67. The van der Waals surface area contributed by atoms with Crippen molar-refractivity contribution in [3.8, 4) is 11.4 Å². The van der Waals surface area contributed by atoms with Crippen molar-refractivity contribution in [3.05, 3.63) is 66.3 Å². The Hall–Kier alpha value is -3.85. The number of nitrogens with zero attached hydrogens (tertiary/aromatic N) is 5. The van der Waals surface area contributed by atoms with Crippen molar-refractivity contribution < 1.29 is 4.39 Å². The Balaban J connectivity index is 1.38. The Kier molecular flexibility index (Phi) is 3.75. The van der Waals surface area contributed by atoms with E-state index >= 15 is 0 Å². The van der Waals surface area contributed by atoms with Crippen LogP contribution in [0.15, 0.2) is 49.2 Å². The number of imidazole rings is 1. The molecule has 5 heterocycles. The van der Waals surface area contributed by atoms with Gasteiger partial charge < -0.3 is 15.6 Å². The van der Waals surface area contributed by atoms with Gasteiger partial charge in [-0.3, -0.25) is 9.38 Å². The maximum Gasteiger partial charge on any atom is 0.227 e. The number of aromatic amines is 1. The summed E-state index contributed by atoms with van der Waals surface area (Å²) in [4.78, 5) is 20.3. The summed E-state index contributed by atoms with van der Waals surface area (Å²) in [6.07, 6.45) is 8.71. The Labute approximate surface area is 170 Å². The van der Waals surface area contributed by atoms with E-state index in [1.54, 1.807) is 29.2 Å². The van der Waals surface area contributed by atoms with Gasteiger partial charge in [-0.1, -0.05) is 0 Å². The zero-order chi connectivity index (χ0) is 20.1. The predicted molar refractivity (Wildman–Crippen MR) is 111 cm³/mol. The molecule has 148 valence electrons. The highest BCUT2D eigenvalue weighted by Crippen LogP contribution is 2.29. The summed E-state index contributed by atoms with van der Waals surface area (Å²) in [5.41, 5.74) is 5.86. The molecular formula is C21H17FN8. The molecule has 0 saturated carbocycles. The number of anilines is 2. The van der Waals surface area contributed by atoms with Crippen LogP contribution in [0.2, 0.25) is 0 Å². The van der Waals surface area contributed by atoms with Gasteiger partial charge in [-0.2, -0.15) is 0 Å². The number of fused-ring (bicyclic) bond motifs is 4. The third-order valence-corrected chi connectivity index (χ3v) is 5.41. The molecule has 0 unspecified atom stereocenters. The van der Waals surface area contributed by atoms with Crippen molar-refractivity contribution in [3.63, 3.8) is 0 Å². The molecule has 0 aliphatic carbocycles.